The first kappa shape index (κ1) is 15.9. The van der Waals surface area contributed by atoms with E-state index in [4.69, 9.17) is 9.47 Å². The van der Waals surface area contributed by atoms with Crippen LogP contribution in [0.15, 0.2) is 40.2 Å². The van der Waals surface area contributed by atoms with Gasteiger partial charge in [0.25, 0.3) is 11.6 Å². The van der Waals surface area contributed by atoms with Gasteiger partial charge in [0.05, 0.1) is 28.3 Å². The molecule has 0 aliphatic carbocycles. The molecule has 24 heavy (non-hydrogen) atoms. The van der Waals surface area contributed by atoms with E-state index in [1.54, 1.807) is 6.07 Å². The van der Waals surface area contributed by atoms with Crippen LogP contribution in [0.4, 0.5) is 5.69 Å². The van der Waals surface area contributed by atoms with Crippen molar-refractivity contribution in [3.8, 4) is 11.5 Å². The summed E-state index contributed by atoms with van der Waals surface area (Å²) in [5.41, 5.74) is 2.55. The third-order valence-electron chi connectivity index (χ3n) is 3.06. The van der Waals surface area contributed by atoms with E-state index in [1.807, 2.05) is 0 Å². The number of hydrogen-bond acceptors (Lipinski definition) is 7. The van der Waals surface area contributed by atoms with Crippen LogP contribution >= 0.6 is 15.9 Å². The molecule has 1 N–H and O–H groups in total. The van der Waals surface area contributed by atoms with Crippen LogP contribution < -0.4 is 14.9 Å². The van der Waals surface area contributed by atoms with Crippen molar-refractivity contribution in [3.63, 3.8) is 0 Å². The van der Waals surface area contributed by atoms with E-state index < -0.39 is 10.8 Å². The molecule has 0 atom stereocenters. The van der Waals surface area contributed by atoms with Crippen LogP contribution in [0.5, 0.6) is 11.5 Å². The lowest BCUT2D eigenvalue weighted by Gasteiger charge is -2.02. The monoisotopic (exact) mass is 392 g/mol. The second kappa shape index (κ2) is 6.62. The second-order valence-corrected chi connectivity index (χ2v) is 5.53. The van der Waals surface area contributed by atoms with Gasteiger partial charge in [0, 0.05) is 16.9 Å². The van der Waals surface area contributed by atoms with Gasteiger partial charge >= 0.3 is 0 Å². The summed E-state index contributed by atoms with van der Waals surface area (Å²) in [6.07, 6.45) is 4.08. The molecule has 1 aromatic heterocycles. The summed E-state index contributed by atoms with van der Waals surface area (Å²) in [5, 5.41) is 14.9. The lowest BCUT2D eigenvalue weighted by atomic mass is 10.1. The number of benzene rings is 1. The number of aromatic nitrogens is 1. The van der Waals surface area contributed by atoms with Crippen molar-refractivity contribution >= 4 is 33.7 Å². The first-order valence-corrected chi connectivity index (χ1v) is 7.36. The van der Waals surface area contributed by atoms with Crippen molar-refractivity contribution in [1.82, 2.24) is 10.4 Å². The predicted octanol–water partition coefficient (Wildman–Crippen LogP) is 2.24. The molecule has 1 aliphatic rings. The normalized spacial score (nSPS) is 12.4. The minimum absolute atomic E-state index is 0.000293. The van der Waals surface area contributed by atoms with Crippen LogP contribution in [-0.4, -0.2) is 28.8 Å². The van der Waals surface area contributed by atoms with Crippen molar-refractivity contribution in [3.05, 3.63) is 56.3 Å². The fourth-order valence-electron chi connectivity index (χ4n) is 1.97. The Morgan fingerprint density at radius 2 is 2.08 bits per heavy atom. The van der Waals surface area contributed by atoms with Gasteiger partial charge in [0.1, 0.15) is 0 Å². The Bertz CT molecular complexity index is 855. The summed E-state index contributed by atoms with van der Waals surface area (Å²) in [7, 11) is 0. The number of pyridine rings is 1. The summed E-state index contributed by atoms with van der Waals surface area (Å²) < 4.78 is 10.9. The molecule has 0 fully saturated rings. The van der Waals surface area contributed by atoms with Crippen molar-refractivity contribution in [1.29, 1.82) is 0 Å². The molecule has 3 rings (SSSR count). The topological polar surface area (TPSA) is 116 Å². The van der Waals surface area contributed by atoms with Gasteiger partial charge in [0.15, 0.2) is 11.5 Å². The van der Waals surface area contributed by atoms with Gasteiger partial charge in [-0.2, -0.15) is 5.10 Å². The van der Waals surface area contributed by atoms with E-state index in [9.17, 15) is 14.9 Å². The summed E-state index contributed by atoms with van der Waals surface area (Å²) in [6.45, 7) is -0.000293. The maximum atomic E-state index is 11.9. The van der Waals surface area contributed by atoms with Crippen molar-refractivity contribution in [2.75, 3.05) is 6.79 Å². The molecular formula is C14H9BrN4O5. The number of amides is 1. The van der Waals surface area contributed by atoms with Crippen LogP contribution in [-0.2, 0) is 0 Å². The van der Waals surface area contributed by atoms with Crippen LogP contribution in [0.1, 0.15) is 15.9 Å². The molecule has 2 heterocycles. The zero-order chi connectivity index (χ0) is 17.1. The Kier molecular flexibility index (Phi) is 4.38. The molecule has 0 saturated carbocycles. The Balaban J connectivity index is 1.79. The SMILES string of the molecule is O=C(N/N=C\c1cc2c(cc1[N+](=O)[O-])OCO2)c1cncc(Br)c1. The molecule has 122 valence electrons. The molecule has 2 aromatic rings. The third kappa shape index (κ3) is 3.33. The first-order valence-electron chi connectivity index (χ1n) is 6.56. The summed E-state index contributed by atoms with van der Waals surface area (Å²) in [6, 6.07) is 4.25. The number of hydrazone groups is 1. The van der Waals surface area contributed by atoms with Crippen LogP contribution in [0.3, 0.4) is 0 Å². The largest absolute Gasteiger partial charge is 0.454 e. The lowest BCUT2D eigenvalue weighted by molar-refractivity contribution is -0.385. The third-order valence-corrected chi connectivity index (χ3v) is 3.49. The molecule has 9 nitrogen and oxygen atoms in total. The van der Waals surface area contributed by atoms with E-state index in [-0.39, 0.29) is 18.0 Å². The number of nitro groups is 1. The standard InChI is InChI=1S/C14H9BrN4O5/c15-10-1-9(4-16-6-10)14(20)18-17-5-8-2-12-13(24-7-23-12)3-11(8)19(21)22/h1-6H,7H2,(H,18,20)/b17-5-. The number of ether oxygens (including phenoxy) is 2. The van der Waals surface area contributed by atoms with Crippen molar-refractivity contribution in [2.45, 2.75) is 0 Å². The molecule has 0 radical (unpaired) electrons. The maximum Gasteiger partial charge on any atom is 0.282 e. The van der Waals surface area contributed by atoms with Gasteiger partial charge in [-0.25, -0.2) is 5.43 Å². The Hall–Kier alpha value is -3.01. The highest BCUT2D eigenvalue weighted by Gasteiger charge is 2.22. The summed E-state index contributed by atoms with van der Waals surface area (Å²) >= 11 is 3.21. The fourth-order valence-corrected chi connectivity index (χ4v) is 2.33. The zero-order valence-electron chi connectivity index (χ0n) is 11.9. The number of fused-ring (bicyclic) bond motifs is 1. The fraction of sp³-hybridized carbons (Fsp3) is 0.0714. The number of carbonyl (C=O) groups is 1. The first-order chi connectivity index (χ1) is 11.5. The van der Waals surface area contributed by atoms with E-state index in [2.05, 4.69) is 31.4 Å². The Labute approximate surface area is 143 Å². The predicted molar refractivity (Wildman–Crippen MR) is 86.2 cm³/mol. The van der Waals surface area contributed by atoms with E-state index in [0.29, 0.717) is 21.5 Å². The summed E-state index contributed by atoms with van der Waals surface area (Å²) in [5.74, 6) is 0.177. The van der Waals surface area contributed by atoms with E-state index in [1.165, 1.54) is 30.7 Å². The van der Waals surface area contributed by atoms with Gasteiger partial charge in [-0.1, -0.05) is 0 Å². The number of nitrogens with one attached hydrogen (secondary N) is 1. The number of carbonyl (C=O) groups excluding carboxylic acids is 1. The molecule has 0 bridgehead atoms. The molecule has 0 unspecified atom stereocenters. The molecule has 1 amide bonds. The minimum atomic E-state index is -0.566. The number of hydrogen-bond donors (Lipinski definition) is 1. The van der Waals surface area contributed by atoms with Gasteiger partial charge in [0.2, 0.25) is 6.79 Å². The highest BCUT2D eigenvalue weighted by molar-refractivity contribution is 9.10. The van der Waals surface area contributed by atoms with Gasteiger partial charge in [-0.05, 0) is 28.1 Å². The van der Waals surface area contributed by atoms with E-state index in [0.717, 1.165) is 0 Å². The smallest absolute Gasteiger partial charge is 0.282 e. The van der Waals surface area contributed by atoms with Crippen molar-refractivity contribution in [2.24, 2.45) is 5.10 Å². The van der Waals surface area contributed by atoms with Crippen molar-refractivity contribution < 1.29 is 19.2 Å². The van der Waals surface area contributed by atoms with Crippen LogP contribution in [0, 0.1) is 10.1 Å². The summed E-state index contributed by atoms with van der Waals surface area (Å²) in [4.78, 5) is 26.4. The number of nitrogens with zero attached hydrogens (tertiary/aromatic N) is 3. The number of halogens is 1. The highest BCUT2D eigenvalue weighted by Crippen LogP contribution is 2.37. The van der Waals surface area contributed by atoms with E-state index >= 15 is 0 Å². The molecule has 1 aromatic carbocycles. The average Bonchev–Trinajstić information content (AvgIpc) is 3.01. The molecule has 1 aliphatic heterocycles. The van der Waals surface area contributed by atoms with Crippen LogP contribution in [0.25, 0.3) is 0 Å². The zero-order valence-corrected chi connectivity index (χ0v) is 13.5. The van der Waals surface area contributed by atoms with Gasteiger partial charge in [-0.3, -0.25) is 19.9 Å². The lowest BCUT2D eigenvalue weighted by Crippen LogP contribution is -2.17. The Morgan fingerprint density at radius 1 is 1.33 bits per heavy atom. The molecule has 0 spiro atoms. The molecule has 0 saturated heterocycles. The maximum absolute atomic E-state index is 11.9. The van der Waals surface area contributed by atoms with Crippen LogP contribution in [0.2, 0.25) is 0 Å². The number of rotatable bonds is 4. The quantitative estimate of drug-likeness (QED) is 0.484. The van der Waals surface area contributed by atoms with Gasteiger partial charge in [-0.15, -0.1) is 0 Å². The highest BCUT2D eigenvalue weighted by atomic mass is 79.9. The molecular weight excluding hydrogens is 384 g/mol. The average molecular weight is 393 g/mol. The second-order valence-electron chi connectivity index (χ2n) is 4.61. The number of nitro benzene ring substituents is 1. The molecule has 10 heteroatoms. The Morgan fingerprint density at radius 3 is 2.79 bits per heavy atom. The minimum Gasteiger partial charge on any atom is -0.454 e. The van der Waals surface area contributed by atoms with Gasteiger partial charge < -0.3 is 9.47 Å².